The van der Waals surface area contributed by atoms with E-state index in [-0.39, 0.29) is 31.1 Å². The third kappa shape index (κ3) is 4.43. The number of benzene rings is 3. The first-order chi connectivity index (χ1) is 16.6. The highest BCUT2D eigenvalue weighted by Crippen LogP contribution is 2.34. The van der Waals surface area contributed by atoms with Crippen molar-refractivity contribution in [3.05, 3.63) is 94.6 Å². The van der Waals surface area contributed by atoms with Gasteiger partial charge >= 0.3 is 0 Å². The van der Waals surface area contributed by atoms with Crippen LogP contribution in [0.5, 0.6) is 11.5 Å². The number of rotatable bonds is 7. The lowest BCUT2D eigenvalue weighted by molar-refractivity contribution is -0.120. The third-order valence-electron chi connectivity index (χ3n) is 5.82. The number of aromatic nitrogens is 1. The van der Waals surface area contributed by atoms with Gasteiger partial charge in [-0.3, -0.25) is 9.59 Å². The molecule has 1 aliphatic heterocycles. The molecule has 1 aromatic heterocycles. The minimum atomic E-state index is -0.368. The Hall–Kier alpha value is -3.97. The average molecular weight is 476 g/mol. The Labute approximate surface area is 201 Å². The molecule has 172 valence electrons. The van der Waals surface area contributed by atoms with Crippen LogP contribution in [-0.2, 0) is 4.79 Å². The van der Waals surface area contributed by atoms with Crippen LogP contribution < -0.4 is 20.1 Å². The molecule has 3 aromatic carbocycles. The summed E-state index contributed by atoms with van der Waals surface area (Å²) in [5.41, 5.74) is 3.36. The van der Waals surface area contributed by atoms with Crippen molar-refractivity contribution < 1.29 is 19.1 Å². The van der Waals surface area contributed by atoms with E-state index < -0.39 is 0 Å². The van der Waals surface area contributed by atoms with E-state index in [9.17, 15) is 9.59 Å². The van der Waals surface area contributed by atoms with Crippen LogP contribution in [-0.4, -0.2) is 36.7 Å². The molecular formula is C26H22ClN3O4. The molecule has 8 heteroatoms. The van der Waals surface area contributed by atoms with Crippen molar-refractivity contribution in [2.75, 3.05) is 19.9 Å². The van der Waals surface area contributed by atoms with Crippen LogP contribution >= 0.6 is 11.6 Å². The topological polar surface area (TPSA) is 92.5 Å². The summed E-state index contributed by atoms with van der Waals surface area (Å²) in [6, 6.07) is 20.5. The molecule has 5 rings (SSSR count). The van der Waals surface area contributed by atoms with Crippen LogP contribution in [0.4, 0.5) is 0 Å². The number of halogens is 1. The number of para-hydroxylation sites is 1. The van der Waals surface area contributed by atoms with Gasteiger partial charge in [-0.1, -0.05) is 48.0 Å². The number of hydrogen-bond donors (Lipinski definition) is 3. The summed E-state index contributed by atoms with van der Waals surface area (Å²) in [7, 11) is 0. The predicted octanol–water partition coefficient (Wildman–Crippen LogP) is 4.23. The summed E-state index contributed by atoms with van der Waals surface area (Å²) in [6.45, 7) is 0.298. The zero-order valence-electron chi connectivity index (χ0n) is 18.1. The Balaban J connectivity index is 1.27. The van der Waals surface area contributed by atoms with Crippen LogP contribution in [0.3, 0.4) is 0 Å². The van der Waals surface area contributed by atoms with E-state index in [4.69, 9.17) is 21.1 Å². The molecular weight excluding hydrogens is 454 g/mol. The van der Waals surface area contributed by atoms with Gasteiger partial charge in [0.15, 0.2) is 11.5 Å². The normalized spacial score (nSPS) is 13.0. The van der Waals surface area contributed by atoms with Gasteiger partial charge in [-0.25, -0.2) is 0 Å². The highest BCUT2D eigenvalue weighted by atomic mass is 35.5. The fraction of sp³-hybridized carbons (Fsp3) is 0.154. The fourth-order valence-electron chi connectivity index (χ4n) is 4.11. The maximum absolute atomic E-state index is 12.6. The average Bonchev–Trinajstić information content (AvgIpc) is 3.50. The summed E-state index contributed by atoms with van der Waals surface area (Å²) in [5.74, 6) is 0.271. The predicted molar refractivity (Wildman–Crippen MR) is 130 cm³/mol. The van der Waals surface area contributed by atoms with Gasteiger partial charge < -0.3 is 25.1 Å². The van der Waals surface area contributed by atoms with Crippen LogP contribution in [0, 0.1) is 0 Å². The van der Waals surface area contributed by atoms with Gasteiger partial charge in [-0.05, 0) is 41.5 Å². The molecule has 7 nitrogen and oxygen atoms in total. The van der Waals surface area contributed by atoms with Crippen molar-refractivity contribution in [2.45, 2.75) is 5.92 Å². The Morgan fingerprint density at radius 1 is 0.941 bits per heavy atom. The Bertz CT molecular complexity index is 1370. The van der Waals surface area contributed by atoms with Gasteiger partial charge in [0.1, 0.15) is 0 Å². The summed E-state index contributed by atoms with van der Waals surface area (Å²) in [4.78, 5) is 28.4. The number of carbonyl (C=O) groups excluding carboxylic acids is 2. The molecule has 1 aliphatic rings. The highest BCUT2D eigenvalue weighted by molar-refractivity contribution is 6.31. The Kier molecular flexibility index (Phi) is 6.10. The van der Waals surface area contributed by atoms with E-state index in [2.05, 4.69) is 15.6 Å². The minimum Gasteiger partial charge on any atom is -0.454 e. The lowest BCUT2D eigenvalue weighted by Gasteiger charge is -2.19. The molecule has 0 saturated carbocycles. The SMILES string of the molecule is O=C(CNC(=O)c1ccc2c(c1)OCO2)NC[C@H](c1ccccc1Cl)c1c[nH]c2ccccc12. The molecule has 0 fully saturated rings. The lowest BCUT2D eigenvalue weighted by atomic mass is 9.90. The second-order valence-corrected chi connectivity index (χ2v) is 8.33. The minimum absolute atomic E-state index is 0.131. The van der Waals surface area contributed by atoms with Gasteiger partial charge in [-0.15, -0.1) is 0 Å². The summed E-state index contributed by atoms with van der Waals surface area (Å²) >= 11 is 6.51. The quantitative estimate of drug-likeness (QED) is 0.373. The first-order valence-corrected chi connectivity index (χ1v) is 11.2. The number of hydrogen-bond acceptors (Lipinski definition) is 4. The zero-order valence-corrected chi connectivity index (χ0v) is 18.9. The molecule has 0 spiro atoms. The number of fused-ring (bicyclic) bond motifs is 2. The molecule has 0 aliphatic carbocycles. The highest BCUT2D eigenvalue weighted by Gasteiger charge is 2.22. The summed E-state index contributed by atoms with van der Waals surface area (Å²) < 4.78 is 10.6. The Morgan fingerprint density at radius 3 is 2.62 bits per heavy atom. The number of H-pyrrole nitrogens is 1. The van der Waals surface area contributed by atoms with Crippen LogP contribution in [0.15, 0.2) is 72.9 Å². The van der Waals surface area contributed by atoms with Crippen molar-refractivity contribution in [3.63, 3.8) is 0 Å². The summed E-state index contributed by atoms with van der Waals surface area (Å²) in [5, 5.41) is 7.28. The second kappa shape index (κ2) is 9.49. The van der Waals surface area contributed by atoms with E-state index >= 15 is 0 Å². The molecule has 34 heavy (non-hydrogen) atoms. The van der Waals surface area contributed by atoms with E-state index in [1.165, 1.54) is 0 Å². The first-order valence-electron chi connectivity index (χ1n) is 10.8. The van der Waals surface area contributed by atoms with Crippen molar-refractivity contribution in [1.82, 2.24) is 15.6 Å². The molecule has 0 bridgehead atoms. The molecule has 0 saturated heterocycles. The van der Waals surface area contributed by atoms with Crippen LogP contribution in [0.2, 0.25) is 5.02 Å². The number of carbonyl (C=O) groups is 2. The molecule has 2 amide bonds. The first kappa shape index (κ1) is 21.9. The van der Waals surface area contributed by atoms with E-state index in [0.29, 0.717) is 28.6 Å². The smallest absolute Gasteiger partial charge is 0.251 e. The number of nitrogens with one attached hydrogen (secondary N) is 3. The molecule has 0 radical (unpaired) electrons. The molecule has 4 aromatic rings. The fourth-order valence-corrected chi connectivity index (χ4v) is 4.37. The maximum atomic E-state index is 12.6. The van der Waals surface area contributed by atoms with E-state index in [1.807, 2.05) is 54.7 Å². The number of ether oxygens (including phenoxy) is 2. The number of amides is 2. The van der Waals surface area contributed by atoms with Crippen LogP contribution in [0.1, 0.15) is 27.4 Å². The molecule has 2 heterocycles. The van der Waals surface area contributed by atoms with Crippen LogP contribution in [0.25, 0.3) is 10.9 Å². The maximum Gasteiger partial charge on any atom is 0.251 e. The number of aromatic amines is 1. The van der Waals surface area contributed by atoms with E-state index in [1.54, 1.807) is 18.2 Å². The van der Waals surface area contributed by atoms with Crippen molar-refractivity contribution in [1.29, 1.82) is 0 Å². The second-order valence-electron chi connectivity index (χ2n) is 7.92. The third-order valence-corrected chi connectivity index (χ3v) is 6.17. The van der Waals surface area contributed by atoms with Gasteiger partial charge in [0.05, 0.1) is 6.54 Å². The molecule has 3 N–H and O–H groups in total. The zero-order chi connectivity index (χ0) is 23.5. The van der Waals surface area contributed by atoms with Crippen molar-refractivity contribution in [2.24, 2.45) is 0 Å². The van der Waals surface area contributed by atoms with Gasteiger partial charge in [-0.2, -0.15) is 0 Å². The van der Waals surface area contributed by atoms with Gasteiger partial charge in [0, 0.05) is 40.1 Å². The van der Waals surface area contributed by atoms with Gasteiger partial charge in [0.2, 0.25) is 12.7 Å². The molecule has 0 unspecified atom stereocenters. The Morgan fingerprint density at radius 2 is 1.74 bits per heavy atom. The van der Waals surface area contributed by atoms with Crippen molar-refractivity contribution >= 4 is 34.3 Å². The lowest BCUT2D eigenvalue weighted by Crippen LogP contribution is -2.38. The molecule has 1 atom stereocenters. The largest absolute Gasteiger partial charge is 0.454 e. The summed E-state index contributed by atoms with van der Waals surface area (Å²) in [6.07, 6.45) is 1.95. The van der Waals surface area contributed by atoms with E-state index in [0.717, 1.165) is 22.0 Å². The monoisotopic (exact) mass is 475 g/mol. The van der Waals surface area contributed by atoms with Gasteiger partial charge in [0.25, 0.3) is 5.91 Å². The standard InChI is InChI=1S/C26H22ClN3O4/c27-21-7-3-1-5-17(21)19(20-12-28-22-8-4-2-6-18(20)22)13-29-25(31)14-30-26(32)16-9-10-23-24(11-16)34-15-33-23/h1-12,19,28H,13-15H2,(H,29,31)(H,30,32)/t19-/m1/s1. The van der Waals surface area contributed by atoms with Crippen molar-refractivity contribution in [3.8, 4) is 11.5 Å².